The van der Waals surface area contributed by atoms with Crippen LogP contribution in [0.5, 0.6) is 0 Å². The zero-order valence-electron chi connectivity index (χ0n) is 18.2. The molecule has 0 bridgehead atoms. The summed E-state index contributed by atoms with van der Waals surface area (Å²) in [6.45, 7) is 7.59. The Balaban J connectivity index is 1.32. The first-order valence-corrected chi connectivity index (χ1v) is 11.8. The predicted octanol–water partition coefficient (Wildman–Crippen LogP) is 5.44. The average molecular weight is 436 g/mol. The number of carbonyl (C=O) groups excluding carboxylic acids is 2. The monoisotopic (exact) mass is 435 g/mol. The first-order valence-electron chi connectivity index (χ1n) is 11.0. The largest absolute Gasteiger partial charge is 0.302 e. The lowest BCUT2D eigenvalue weighted by atomic mass is 9.99. The van der Waals surface area contributed by atoms with Crippen LogP contribution in [0.4, 0.5) is 5.13 Å². The maximum atomic E-state index is 12.3. The van der Waals surface area contributed by atoms with E-state index in [4.69, 9.17) is 0 Å². The molecule has 1 saturated heterocycles. The van der Waals surface area contributed by atoms with Gasteiger partial charge >= 0.3 is 0 Å². The van der Waals surface area contributed by atoms with Crippen LogP contribution in [-0.2, 0) is 11.3 Å². The van der Waals surface area contributed by atoms with Crippen molar-refractivity contribution in [1.29, 1.82) is 0 Å². The molecule has 2 aromatic carbocycles. The van der Waals surface area contributed by atoms with E-state index in [0.717, 1.165) is 41.3 Å². The lowest BCUT2D eigenvalue weighted by Gasteiger charge is -2.30. The van der Waals surface area contributed by atoms with Gasteiger partial charge in [-0.2, -0.15) is 0 Å². The van der Waals surface area contributed by atoms with Gasteiger partial charge in [-0.15, -0.1) is 0 Å². The summed E-state index contributed by atoms with van der Waals surface area (Å²) in [6, 6.07) is 13.8. The number of nitrogens with one attached hydrogen (secondary N) is 1. The van der Waals surface area contributed by atoms with Gasteiger partial charge in [0.15, 0.2) is 10.9 Å². The standard InChI is InChI=1S/C25H29N3O2S/c1-17-3-6-20(7-4-17)22(29)9-10-24(30)27-25-26-21-8-5-19(15-23(21)31-25)16-28-13-11-18(2)12-14-28/h3-8,15,18H,9-14,16H2,1-2H3,(H,26,27,30). The molecule has 0 aliphatic carbocycles. The highest BCUT2D eigenvalue weighted by atomic mass is 32.1. The normalized spacial score (nSPS) is 15.3. The summed E-state index contributed by atoms with van der Waals surface area (Å²) < 4.78 is 1.08. The molecule has 162 valence electrons. The van der Waals surface area contributed by atoms with Crippen LogP contribution in [0.15, 0.2) is 42.5 Å². The summed E-state index contributed by atoms with van der Waals surface area (Å²) >= 11 is 1.49. The third-order valence-corrected chi connectivity index (χ3v) is 6.87. The number of Topliss-reactive ketones (excluding diaryl/α,β-unsaturated/α-hetero) is 1. The molecule has 4 rings (SSSR count). The molecular formula is C25H29N3O2S. The number of hydrogen-bond acceptors (Lipinski definition) is 5. The molecule has 1 N–H and O–H groups in total. The quantitative estimate of drug-likeness (QED) is 0.502. The molecule has 0 unspecified atom stereocenters. The van der Waals surface area contributed by atoms with Gasteiger partial charge in [0, 0.05) is 24.9 Å². The van der Waals surface area contributed by atoms with Crippen LogP contribution < -0.4 is 5.32 Å². The molecule has 1 aromatic heterocycles. The number of aryl methyl sites for hydroxylation is 1. The molecule has 3 aromatic rings. The van der Waals surface area contributed by atoms with E-state index in [-0.39, 0.29) is 24.5 Å². The minimum absolute atomic E-state index is 0.0174. The van der Waals surface area contributed by atoms with Crippen molar-refractivity contribution in [3.8, 4) is 0 Å². The van der Waals surface area contributed by atoms with Crippen molar-refractivity contribution in [1.82, 2.24) is 9.88 Å². The number of benzene rings is 2. The van der Waals surface area contributed by atoms with Gasteiger partial charge < -0.3 is 5.32 Å². The average Bonchev–Trinajstić information content (AvgIpc) is 3.15. The van der Waals surface area contributed by atoms with Crippen molar-refractivity contribution in [2.75, 3.05) is 18.4 Å². The number of ketones is 1. The minimum Gasteiger partial charge on any atom is -0.302 e. The number of carbonyl (C=O) groups is 2. The molecule has 1 aliphatic rings. The first kappa shape index (κ1) is 21.7. The molecule has 0 saturated carbocycles. The highest BCUT2D eigenvalue weighted by Gasteiger charge is 2.16. The Morgan fingerprint density at radius 1 is 1.10 bits per heavy atom. The summed E-state index contributed by atoms with van der Waals surface area (Å²) in [7, 11) is 0. The van der Waals surface area contributed by atoms with Crippen LogP contribution in [0, 0.1) is 12.8 Å². The van der Waals surface area contributed by atoms with E-state index >= 15 is 0 Å². The molecule has 2 heterocycles. The van der Waals surface area contributed by atoms with E-state index < -0.39 is 0 Å². The van der Waals surface area contributed by atoms with Crippen LogP contribution in [-0.4, -0.2) is 34.7 Å². The molecule has 6 heteroatoms. The van der Waals surface area contributed by atoms with E-state index in [1.54, 1.807) is 0 Å². The van der Waals surface area contributed by atoms with Gasteiger partial charge in [0.25, 0.3) is 0 Å². The Bertz CT molecular complexity index is 1070. The van der Waals surface area contributed by atoms with Crippen molar-refractivity contribution < 1.29 is 9.59 Å². The second-order valence-corrected chi connectivity index (χ2v) is 9.65. The van der Waals surface area contributed by atoms with Crippen molar-refractivity contribution in [2.24, 2.45) is 5.92 Å². The smallest absolute Gasteiger partial charge is 0.226 e. The summed E-state index contributed by atoms with van der Waals surface area (Å²) in [5.41, 5.74) is 3.94. The van der Waals surface area contributed by atoms with Crippen molar-refractivity contribution in [3.05, 3.63) is 59.2 Å². The Labute approximate surface area is 187 Å². The molecule has 1 amide bonds. The lowest BCUT2D eigenvalue weighted by molar-refractivity contribution is -0.116. The zero-order chi connectivity index (χ0) is 21.8. The molecule has 0 atom stereocenters. The number of amides is 1. The van der Waals surface area contributed by atoms with Gasteiger partial charge in [-0.3, -0.25) is 14.5 Å². The first-order chi connectivity index (χ1) is 15.0. The molecule has 1 aliphatic heterocycles. The molecule has 5 nitrogen and oxygen atoms in total. The fourth-order valence-corrected chi connectivity index (χ4v) is 4.84. The van der Waals surface area contributed by atoms with Crippen LogP contribution in [0.2, 0.25) is 0 Å². The summed E-state index contributed by atoms with van der Waals surface area (Å²) in [5.74, 6) is 0.636. The van der Waals surface area contributed by atoms with Crippen molar-refractivity contribution in [3.63, 3.8) is 0 Å². The predicted molar refractivity (Wildman–Crippen MR) is 127 cm³/mol. The molecule has 1 fully saturated rings. The molecule has 31 heavy (non-hydrogen) atoms. The fraction of sp³-hybridized carbons (Fsp3) is 0.400. The maximum Gasteiger partial charge on any atom is 0.226 e. The number of aromatic nitrogens is 1. The van der Waals surface area contributed by atoms with Crippen molar-refractivity contribution >= 4 is 38.4 Å². The van der Waals surface area contributed by atoms with E-state index in [9.17, 15) is 9.59 Å². The van der Waals surface area contributed by atoms with Gasteiger partial charge in [-0.1, -0.05) is 54.2 Å². The van der Waals surface area contributed by atoms with Gasteiger partial charge in [0.2, 0.25) is 5.91 Å². The highest BCUT2D eigenvalue weighted by Crippen LogP contribution is 2.28. The Morgan fingerprint density at radius 3 is 2.58 bits per heavy atom. The molecule has 0 radical (unpaired) electrons. The number of rotatable bonds is 7. The van der Waals surface area contributed by atoms with E-state index in [2.05, 4.69) is 34.3 Å². The van der Waals surface area contributed by atoms with Crippen molar-refractivity contribution in [2.45, 2.75) is 46.1 Å². The van der Waals surface area contributed by atoms with Crippen LogP contribution in [0.25, 0.3) is 10.2 Å². The van der Waals surface area contributed by atoms with Crippen LogP contribution in [0.3, 0.4) is 0 Å². The SMILES string of the molecule is Cc1ccc(C(=O)CCC(=O)Nc2nc3ccc(CN4CCC(C)CC4)cc3s2)cc1. The zero-order valence-corrected chi connectivity index (χ0v) is 19.0. The summed E-state index contributed by atoms with van der Waals surface area (Å²) in [6.07, 6.45) is 2.89. The third kappa shape index (κ3) is 5.77. The fourth-order valence-electron chi connectivity index (χ4n) is 3.89. The second kappa shape index (κ2) is 9.71. The second-order valence-electron chi connectivity index (χ2n) is 8.62. The Hall–Kier alpha value is -2.57. The highest BCUT2D eigenvalue weighted by molar-refractivity contribution is 7.22. The Morgan fingerprint density at radius 2 is 1.84 bits per heavy atom. The number of piperidine rings is 1. The van der Waals surface area contributed by atoms with Crippen LogP contribution in [0.1, 0.15) is 54.1 Å². The van der Waals surface area contributed by atoms with Gasteiger partial charge in [0.1, 0.15) is 0 Å². The van der Waals surface area contributed by atoms with Gasteiger partial charge in [-0.25, -0.2) is 4.98 Å². The summed E-state index contributed by atoms with van der Waals surface area (Å²) in [5, 5.41) is 3.45. The third-order valence-electron chi connectivity index (χ3n) is 5.93. The number of hydrogen-bond donors (Lipinski definition) is 1. The van der Waals surface area contributed by atoms with Gasteiger partial charge in [-0.05, 0) is 56.5 Å². The Kier molecular flexibility index (Phi) is 6.78. The summed E-state index contributed by atoms with van der Waals surface area (Å²) in [4.78, 5) is 31.7. The topological polar surface area (TPSA) is 62.3 Å². The lowest BCUT2D eigenvalue weighted by Crippen LogP contribution is -2.32. The number of anilines is 1. The molecule has 0 spiro atoms. The molecular weight excluding hydrogens is 406 g/mol. The van der Waals surface area contributed by atoms with E-state index in [1.165, 1.54) is 29.7 Å². The number of fused-ring (bicyclic) bond motifs is 1. The minimum atomic E-state index is -0.179. The van der Waals surface area contributed by atoms with E-state index in [1.807, 2.05) is 37.3 Å². The van der Waals surface area contributed by atoms with Crippen LogP contribution >= 0.6 is 11.3 Å². The number of thiazole rings is 1. The number of likely N-dealkylation sites (tertiary alicyclic amines) is 1. The number of nitrogens with zero attached hydrogens (tertiary/aromatic N) is 2. The van der Waals surface area contributed by atoms with Gasteiger partial charge in [0.05, 0.1) is 10.2 Å². The van der Waals surface area contributed by atoms with E-state index in [0.29, 0.717) is 10.7 Å². The maximum absolute atomic E-state index is 12.3.